The first kappa shape index (κ1) is 11.3. The minimum atomic E-state index is 0.541. The van der Waals surface area contributed by atoms with Gasteiger partial charge >= 0.3 is 0 Å². The molecule has 3 rings (SSSR count). The number of nitrogens with zero attached hydrogens (tertiary/aromatic N) is 2. The summed E-state index contributed by atoms with van der Waals surface area (Å²) in [4.78, 5) is 8.98. The Balaban J connectivity index is 1.76. The highest BCUT2D eigenvalue weighted by molar-refractivity contribution is 6.30. The van der Waals surface area contributed by atoms with Gasteiger partial charge in [0.2, 0.25) is 5.95 Å². The van der Waals surface area contributed by atoms with Crippen LogP contribution < -0.4 is 5.32 Å². The molecule has 1 N–H and O–H groups in total. The number of aromatic nitrogens is 2. The topological polar surface area (TPSA) is 37.8 Å². The number of halogens is 1. The Morgan fingerprint density at radius 2 is 1.82 bits per heavy atom. The van der Waals surface area contributed by atoms with Gasteiger partial charge in [-0.3, -0.25) is 0 Å². The lowest BCUT2D eigenvalue weighted by Crippen LogP contribution is -2.23. The fraction of sp³-hybridized carbons (Fsp3) is 0.692. The zero-order valence-electron chi connectivity index (χ0n) is 10.0. The van der Waals surface area contributed by atoms with E-state index in [-0.39, 0.29) is 0 Å². The standard InChI is InChI=1S/C13H18ClN3/c14-12-10-7-4-8-11(10)16-13(17-12)15-9-5-2-1-3-6-9/h9H,1-8H2,(H,15,16,17). The van der Waals surface area contributed by atoms with Gasteiger partial charge in [0.15, 0.2) is 0 Å². The normalized spacial score (nSPS) is 20.3. The predicted molar refractivity (Wildman–Crippen MR) is 69.6 cm³/mol. The molecule has 0 aliphatic heterocycles. The van der Waals surface area contributed by atoms with Gasteiger partial charge in [-0.15, -0.1) is 0 Å². The minimum absolute atomic E-state index is 0.541. The van der Waals surface area contributed by atoms with Crippen LogP contribution in [0.5, 0.6) is 0 Å². The highest BCUT2D eigenvalue weighted by Gasteiger charge is 2.20. The van der Waals surface area contributed by atoms with E-state index >= 15 is 0 Å². The van der Waals surface area contributed by atoms with Gasteiger partial charge < -0.3 is 5.32 Å². The van der Waals surface area contributed by atoms with Gasteiger partial charge in [0.25, 0.3) is 0 Å². The zero-order valence-corrected chi connectivity index (χ0v) is 10.8. The van der Waals surface area contributed by atoms with E-state index in [9.17, 15) is 0 Å². The van der Waals surface area contributed by atoms with E-state index < -0.39 is 0 Å². The second-order valence-corrected chi connectivity index (χ2v) is 5.45. The largest absolute Gasteiger partial charge is 0.351 e. The second kappa shape index (κ2) is 4.81. The van der Waals surface area contributed by atoms with Crippen molar-refractivity contribution in [2.75, 3.05) is 5.32 Å². The van der Waals surface area contributed by atoms with Gasteiger partial charge in [0.05, 0.1) is 5.69 Å². The minimum Gasteiger partial charge on any atom is -0.351 e. The maximum atomic E-state index is 6.20. The smallest absolute Gasteiger partial charge is 0.224 e. The molecule has 4 heteroatoms. The predicted octanol–water partition coefficient (Wildman–Crippen LogP) is 3.36. The summed E-state index contributed by atoms with van der Waals surface area (Å²) in [6.45, 7) is 0. The van der Waals surface area contributed by atoms with Crippen LogP contribution in [0, 0.1) is 0 Å². The van der Waals surface area contributed by atoms with Crippen LogP contribution in [0.1, 0.15) is 49.8 Å². The van der Waals surface area contributed by atoms with Crippen molar-refractivity contribution in [3.63, 3.8) is 0 Å². The van der Waals surface area contributed by atoms with E-state index in [1.54, 1.807) is 0 Å². The van der Waals surface area contributed by atoms with E-state index in [1.165, 1.54) is 37.7 Å². The van der Waals surface area contributed by atoms with Gasteiger partial charge in [-0.05, 0) is 32.1 Å². The molecular formula is C13H18ClN3. The van der Waals surface area contributed by atoms with Crippen molar-refractivity contribution in [3.8, 4) is 0 Å². The summed E-state index contributed by atoms with van der Waals surface area (Å²) < 4.78 is 0. The Hall–Kier alpha value is -0.830. The monoisotopic (exact) mass is 251 g/mol. The molecule has 0 spiro atoms. The average Bonchev–Trinajstić information content (AvgIpc) is 2.79. The number of hydrogen-bond acceptors (Lipinski definition) is 3. The molecule has 3 nitrogen and oxygen atoms in total. The van der Waals surface area contributed by atoms with E-state index in [0.29, 0.717) is 11.2 Å². The summed E-state index contributed by atoms with van der Waals surface area (Å²) in [5.41, 5.74) is 2.32. The fourth-order valence-corrected chi connectivity index (χ4v) is 3.16. The lowest BCUT2D eigenvalue weighted by molar-refractivity contribution is 0.460. The summed E-state index contributed by atoms with van der Waals surface area (Å²) in [5, 5.41) is 4.10. The van der Waals surface area contributed by atoms with E-state index in [0.717, 1.165) is 30.9 Å². The maximum Gasteiger partial charge on any atom is 0.224 e. The Kier molecular flexibility index (Phi) is 3.19. The lowest BCUT2D eigenvalue weighted by Gasteiger charge is -2.23. The van der Waals surface area contributed by atoms with Crippen molar-refractivity contribution >= 4 is 17.5 Å². The van der Waals surface area contributed by atoms with Crippen molar-refractivity contribution < 1.29 is 0 Å². The molecule has 92 valence electrons. The highest BCUT2D eigenvalue weighted by Crippen LogP contribution is 2.28. The van der Waals surface area contributed by atoms with Gasteiger partial charge in [0.1, 0.15) is 5.15 Å². The van der Waals surface area contributed by atoms with Crippen LogP contribution in [0.4, 0.5) is 5.95 Å². The molecule has 0 atom stereocenters. The van der Waals surface area contributed by atoms with Gasteiger partial charge in [-0.1, -0.05) is 30.9 Å². The number of anilines is 1. The first-order chi connectivity index (χ1) is 8.33. The summed E-state index contributed by atoms with van der Waals surface area (Å²) in [5.74, 6) is 0.738. The average molecular weight is 252 g/mol. The molecule has 2 aliphatic rings. The summed E-state index contributed by atoms with van der Waals surface area (Å²) in [7, 11) is 0. The van der Waals surface area contributed by atoms with E-state index in [1.807, 2.05) is 0 Å². The van der Waals surface area contributed by atoms with Crippen molar-refractivity contribution in [3.05, 3.63) is 16.4 Å². The van der Waals surface area contributed by atoms with Crippen LogP contribution in [-0.2, 0) is 12.8 Å². The van der Waals surface area contributed by atoms with Gasteiger partial charge in [-0.25, -0.2) is 9.97 Å². The number of fused-ring (bicyclic) bond motifs is 1. The highest BCUT2D eigenvalue weighted by atomic mass is 35.5. The number of nitrogens with one attached hydrogen (secondary N) is 1. The molecule has 0 bridgehead atoms. The first-order valence-corrected chi connectivity index (χ1v) is 7.02. The Morgan fingerprint density at radius 1 is 1.00 bits per heavy atom. The van der Waals surface area contributed by atoms with E-state index in [2.05, 4.69) is 15.3 Å². The van der Waals surface area contributed by atoms with Crippen LogP contribution in [0.25, 0.3) is 0 Å². The molecular weight excluding hydrogens is 234 g/mol. The molecule has 1 aromatic rings. The first-order valence-electron chi connectivity index (χ1n) is 6.65. The number of rotatable bonds is 2. The molecule has 17 heavy (non-hydrogen) atoms. The molecule has 0 radical (unpaired) electrons. The van der Waals surface area contributed by atoms with Crippen LogP contribution in [0.2, 0.25) is 5.15 Å². The van der Waals surface area contributed by atoms with Crippen LogP contribution in [0.15, 0.2) is 0 Å². The quantitative estimate of drug-likeness (QED) is 0.819. The molecule has 0 unspecified atom stereocenters. The maximum absolute atomic E-state index is 6.20. The van der Waals surface area contributed by atoms with Crippen LogP contribution in [0.3, 0.4) is 0 Å². The molecule has 0 aromatic carbocycles. The number of aryl methyl sites for hydroxylation is 1. The van der Waals surface area contributed by atoms with Crippen molar-refractivity contribution in [1.82, 2.24) is 9.97 Å². The molecule has 1 aromatic heterocycles. The molecule has 1 heterocycles. The van der Waals surface area contributed by atoms with Crippen molar-refractivity contribution in [2.45, 2.75) is 57.4 Å². The number of hydrogen-bond donors (Lipinski definition) is 1. The Morgan fingerprint density at radius 3 is 2.65 bits per heavy atom. The third-order valence-electron chi connectivity index (χ3n) is 3.82. The third kappa shape index (κ3) is 2.39. The second-order valence-electron chi connectivity index (χ2n) is 5.10. The summed E-state index contributed by atoms with van der Waals surface area (Å²) in [6, 6.07) is 0.541. The van der Waals surface area contributed by atoms with Gasteiger partial charge in [0, 0.05) is 11.6 Å². The zero-order chi connectivity index (χ0) is 11.7. The Labute approximate surface area is 107 Å². The molecule has 0 saturated heterocycles. The van der Waals surface area contributed by atoms with Crippen LogP contribution >= 0.6 is 11.6 Å². The lowest BCUT2D eigenvalue weighted by atomic mass is 9.96. The van der Waals surface area contributed by atoms with Crippen LogP contribution in [-0.4, -0.2) is 16.0 Å². The molecule has 1 saturated carbocycles. The summed E-state index contributed by atoms with van der Waals surface area (Å²) >= 11 is 6.20. The van der Waals surface area contributed by atoms with Gasteiger partial charge in [-0.2, -0.15) is 0 Å². The molecule has 2 aliphatic carbocycles. The SMILES string of the molecule is Clc1nc(NC2CCCCC2)nc2c1CCC2. The van der Waals surface area contributed by atoms with Crippen molar-refractivity contribution in [1.29, 1.82) is 0 Å². The summed E-state index contributed by atoms with van der Waals surface area (Å²) in [6.07, 6.45) is 9.72. The molecule has 0 amide bonds. The fourth-order valence-electron chi connectivity index (χ4n) is 2.88. The van der Waals surface area contributed by atoms with E-state index in [4.69, 9.17) is 11.6 Å². The third-order valence-corrected chi connectivity index (χ3v) is 4.13. The van der Waals surface area contributed by atoms with Crippen molar-refractivity contribution in [2.24, 2.45) is 0 Å². The Bertz CT molecular complexity index is 413. The molecule has 1 fully saturated rings.